The summed E-state index contributed by atoms with van der Waals surface area (Å²) in [5, 5.41) is 1.01. The molecule has 1 aromatic rings. The maximum atomic E-state index is 12.0. The molecule has 1 N–H and O–H groups in total. The number of rotatable bonds is 5. The van der Waals surface area contributed by atoms with Crippen molar-refractivity contribution in [2.45, 2.75) is 43.5 Å². The van der Waals surface area contributed by atoms with Crippen LogP contribution in [-0.2, 0) is 16.6 Å². The van der Waals surface area contributed by atoms with E-state index in [0.717, 1.165) is 50.9 Å². The van der Waals surface area contributed by atoms with Crippen LogP contribution in [-0.4, -0.2) is 37.7 Å². The number of nitrogens with one attached hydrogen (secondary N) is 1. The van der Waals surface area contributed by atoms with Crippen molar-refractivity contribution >= 4 is 33.2 Å². The third kappa shape index (κ3) is 4.15. The molecule has 3 rings (SSSR count). The van der Waals surface area contributed by atoms with Crippen molar-refractivity contribution in [3.63, 3.8) is 0 Å². The zero-order chi connectivity index (χ0) is 15.7. The van der Waals surface area contributed by atoms with E-state index in [4.69, 9.17) is 23.2 Å². The Morgan fingerprint density at radius 1 is 1.09 bits per heavy atom. The number of halogens is 2. The fourth-order valence-electron chi connectivity index (χ4n) is 2.81. The van der Waals surface area contributed by atoms with Gasteiger partial charge >= 0.3 is 0 Å². The predicted octanol–water partition coefficient (Wildman–Crippen LogP) is 3.04. The highest BCUT2D eigenvalue weighted by molar-refractivity contribution is 7.90. The van der Waals surface area contributed by atoms with Crippen LogP contribution in [0.2, 0.25) is 10.0 Å². The molecule has 7 heteroatoms. The van der Waals surface area contributed by atoms with Gasteiger partial charge in [-0.1, -0.05) is 29.3 Å². The fraction of sp³-hybridized carbons (Fsp3) is 0.600. The molecule has 1 saturated heterocycles. The van der Waals surface area contributed by atoms with Gasteiger partial charge in [0.25, 0.3) is 0 Å². The second kappa shape index (κ2) is 6.65. The Kier molecular flexibility index (Phi) is 5.00. The fourth-order valence-corrected chi connectivity index (χ4v) is 4.78. The minimum Gasteiger partial charge on any atom is -0.299 e. The molecule has 0 spiro atoms. The molecule has 0 bridgehead atoms. The summed E-state index contributed by atoms with van der Waals surface area (Å²) < 4.78 is 26.8. The van der Waals surface area contributed by atoms with E-state index >= 15 is 0 Å². The Bertz CT molecular complexity index is 639. The summed E-state index contributed by atoms with van der Waals surface area (Å²) >= 11 is 12.0. The molecule has 0 unspecified atom stereocenters. The summed E-state index contributed by atoms with van der Waals surface area (Å²) in [6, 6.07) is 5.77. The predicted molar refractivity (Wildman–Crippen MR) is 89.8 cm³/mol. The summed E-state index contributed by atoms with van der Waals surface area (Å²) in [5.41, 5.74) is 1.13. The minimum atomic E-state index is -3.07. The summed E-state index contributed by atoms with van der Waals surface area (Å²) in [6.45, 7) is 2.59. The SMILES string of the molecule is O=S(=O)(NC1CCN(Cc2ccc(Cl)c(Cl)c2)CC1)C1CC1. The van der Waals surface area contributed by atoms with Crippen LogP contribution in [0.5, 0.6) is 0 Å². The number of piperidine rings is 1. The van der Waals surface area contributed by atoms with Crippen LogP contribution in [0, 0.1) is 0 Å². The Labute approximate surface area is 141 Å². The molecule has 4 nitrogen and oxygen atoms in total. The van der Waals surface area contributed by atoms with Crippen LogP contribution >= 0.6 is 23.2 Å². The first kappa shape index (κ1) is 16.5. The van der Waals surface area contributed by atoms with Crippen molar-refractivity contribution in [3.05, 3.63) is 33.8 Å². The highest BCUT2D eigenvalue weighted by Crippen LogP contribution is 2.28. The first-order chi connectivity index (χ1) is 10.4. The van der Waals surface area contributed by atoms with Crippen molar-refractivity contribution in [2.24, 2.45) is 0 Å². The number of hydrogen-bond acceptors (Lipinski definition) is 3. The highest BCUT2D eigenvalue weighted by atomic mass is 35.5. The molecule has 0 radical (unpaired) electrons. The smallest absolute Gasteiger partial charge is 0.214 e. The van der Waals surface area contributed by atoms with Crippen molar-refractivity contribution in [2.75, 3.05) is 13.1 Å². The van der Waals surface area contributed by atoms with Crippen LogP contribution < -0.4 is 4.72 Å². The molecule has 1 aliphatic heterocycles. The van der Waals surface area contributed by atoms with E-state index in [9.17, 15) is 8.42 Å². The summed E-state index contributed by atoms with van der Waals surface area (Å²) in [7, 11) is -3.07. The number of benzene rings is 1. The van der Waals surface area contributed by atoms with Crippen LogP contribution in [0.3, 0.4) is 0 Å². The van der Waals surface area contributed by atoms with Crippen LogP contribution in [0.1, 0.15) is 31.2 Å². The normalized spacial score (nSPS) is 21.2. The molecular weight excluding hydrogens is 343 g/mol. The quantitative estimate of drug-likeness (QED) is 0.875. The summed E-state index contributed by atoms with van der Waals surface area (Å²) in [5.74, 6) is 0. The van der Waals surface area contributed by atoms with E-state index in [-0.39, 0.29) is 11.3 Å². The number of sulfonamides is 1. The van der Waals surface area contributed by atoms with Crippen molar-refractivity contribution < 1.29 is 8.42 Å². The van der Waals surface area contributed by atoms with Gasteiger partial charge in [0.15, 0.2) is 0 Å². The minimum absolute atomic E-state index is 0.0793. The van der Waals surface area contributed by atoms with Gasteiger partial charge in [0, 0.05) is 25.7 Å². The lowest BCUT2D eigenvalue weighted by Gasteiger charge is -2.32. The lowest BCUT2D eigenvalue weighted by atomic mass is 10.1. The second-order valence-corrected chi connectivity index (χ2v) is 8.97. The summed E-state index contributed by atoms with van der Waals surface area (Å²) in [6.07, 6.45) is 3.33. The topological polar surface area (TPSA) is 49.4 Å². The second-order valence-electron chi connectivity index (χ2n) is 6.16. The third-order valence-electron chi connectivity index (χ3n) is 4.27. The van der Waals surface area contributed by atoms with Gasteiger partial charge in [-0.25, -0.2) is 13.1 Å². The maximum absolute atomic E-state index is 12.0. The van der Waals surface area contributed by atoms with E-state index in [1.54, 1.807) is 0 Å². The zero-order valence-corrected chi connectivity index (χ0v) is 14.6. The van der Waals surface area contributed by atoms with Crippen LogP contribution in [0.15, 0.2) is 18.2 Å². The molecule has 122 valence electrons. The van der Waals surface area contributed by atoms with Gasteiger partial charge in [-0.3, -0.25) is 4.90 Å². The first-order valence-electron chi connectivity index (χ1n) is 7.61. The van der Waals surface area contributed by atoms with Gasteiger partial charge in [0.1, 0.15) is 0 Å². The Balaban J connectivity index is 1.50. The monoisotopic (exact) mass is 362 g/mol. The van der Waals surface area contributed by atoms with Gasteiger partial charge in [0.05, 0.1) is 15.3 Å². The molecule has 1 heterocycles. The van der Waals surface area contributed by atoms with Gasteiger partial charge in [-0.2, -0.15) is 0 Å². The summed E-state index contributed by atoms with van der Waals surface area (Å²) in [4.78, 5) is 2.32. The molecule has 1 saturated carbocycles. The molecule has 22 heavy (non-hydrogen) atoms. The molecule has 1 aromatic carbocycles. The average molecular weight is 363 g/mol. The van der Waals surface area contributed by atoms with E-state index in [1.165, 1.54) is 0 Å². The lowest BCUT2D eigenvalue weighted by Crippen LogP contribution is -2.45. The molecule has 0 amide bonds. The molecule has 1 aliphatic carbocycles. The molecule has 2 fully saturated rings. The first-order valence-corrected chi connectivity index (χ1v) is 9.92. The van der Waals surface area contributed by atoms with Gasteiger partial charge in [-0.15, -0.1) is 0 Å². The number of hydrogen-bond donors (Lipinski definition) is 1. The number of nitrogens with zero attached hydrogens (tertiary/aromatic N) is 1. The Hall–Kier alpha value is -0.330. The maximum Gasteiger partial charge on any atom is 0.214 e. The molecule has 0 atom stereocenters. The Morgan fingerprint density at radius 2 is 1.77 bits per heavy atom. The molecule has 2 aliphatic rings. The number of likely N-dealkylation sites (tertiary alicyclic amines) is 1. The van der Waals surface area contributed by atoms with E-state index < -0.39 is 10.0 Å². The molecule has 0 aromatic heterocycles. The zero-order valence-electron chi connectivity index (χ0n) is 12.3. The lowest BCUT2D eigenvalue weighted by molar-refractivity contribution is 0.200. The van der Waals surface area contributed by atoms with Gasteiger partial charge in [0.2, 0.25) is 10.0 Å². The van der Waals surface area contributed by atoms with Crippen molar-refractivity contribution in [1.29, 1.82) is 0 Å². The van der Waals surface area contributed by atoms with Crippen LogP contribution in [0.25, 0.3) is 0 Å². The highest BCUT2D eigenvalue weighted by Gasteiger charge is 2.37. The van der Waals surface area contributed by atoms with E-state index in [2.05, 4.69) is 9.62 Å². The van der Waals surface area contributed by atoms with E-state index in [0.29, 0.717) is 10.0 Å². The third-order valence-corrected chi connectivity index (χ3v) is 7.02. The van der Waals surface area contributed by atoms with E-state index in [1.807, 2.05) is 18.2 Å². The standard InChI is InChI=1S/C15H20Cl2N2O2S/c16-14-4-1-11(9-15(14)17)10-19-7-5-12(6-8-19)18-22(20,21)13-2-3-13/h1,4,9,12-13,18H,2-3,5-8,10H2. The van der Waals surface area contributed by atoms with Crippen LogP contribution in [0.4, 0.5) is 0 Å². The Morgan fingerprint density at radius 3 is 2.36 bits per heavy atom. The van der Waals surface area contributed by atoms with Gasteiger partial charge in [-0.05, 0) is 43.4 Å². The van der Waals surface area contributed by atoms with Gasteiger partial charge < -0.3 is 0 Å². The van der Waals surface area contributed by atoms with Crippen molar-refractivity contribution in [1.82, 2.24) is 9.62 Å². The van der Waals surface area contributed by atoms with Crippen molar-refractivity contribution in [3.8, 4) is 0 Å². The average Bonchev–Trinajstić information content (AvgIpc) is 3.30. The largest absolute Gasteiger partial charge is 0.299 e. The molecular formula is C15H20Cl2N2O2S.